The lowest BCUT2D eigenvalue weighted by Gasteiger charge is -2.41. The Hall–Kier alpha value is -3.01. The van der Waals surface area contributed by atoms with E-state index in [0.29, 0.717) is 22.6 Å². The number of benzene rings is 3. The molecule has 43 heavy (non-hydrogen) atoms. The minimum atomic E-state index is -4.55. The molecule has 0 radical (unpaired) electrons. The van der Waals surface area contributed by atoms with Gasteiger partial charge in [-0.05, 0) is 89.1 Å². The number of likely N-dealkylation sites (tertiary alicyclic amines) is 1. The van der Waals surface area contributed by atoms with Crippen LogP contribution in [0.1, 0.15) is 79.7 Å². The van der Waals surface area contributed by atoms with E-state index in [-0.39, 0.29) is 37.8 Å². The molecule has 3 aromatic carbocycles. The predicted octanol–water partition coefficient (Wildman–Crippen LogP) is 10.9. The molecule has 0 bridgehead atoms. The number of piperidine rings is 1. The molecule has 3 unspecified atom stereocenters. The van der Waals surface area contributed by atoms with E-state index in [0.717, 1.165) is 41.8 Å². The Balaban J connectivity index is 1.68. The van der Waals surface area contributed by atoms with Gasteiger partial charge in [0.25, 0.3) is 0 Å². The van der Waals surface area contributed by atoms with E-state index in [4.69, 9.17) is 0 Å². The van der Waals surface area contributed by atoms with E-state index in [9.17, 15) is 39.5 Å². The zero-order valence-electron chi connectivity index (χ0n) is 24.0. The fourth-order valence-electron chi connectivity index (χ4n) is 5.95. The first-order chi connectivity index (χ1) is 19.9. The standard InChI is InChI=1S/C33H34F9N/c1-20(2)14-21(3)25-15-26(23-6-11-29(12-7-23)32(37,38)39)17-27(16-25)24-8-13-30(33(40,41)42)43(19-24)18-22-4-9-28(10-5-22)31(34,35)36/h4-7,9-12,15-17,20-21,24,30H,8,13-14,18-19H2,1-3H3. The van der Waals surface area contributed by atoms with Crippen LogP contribution in [0.5, 0.6) is 0 Å². The van der Waals surface area contributed by atoms with Gasteiger partial charge in [-0.2, -0.15) is 39.5 Å². The molecule has 4 rings (SSSR count). The van der Waals surface area contributed by atoms with Gasteiger partial charge in [0.1, 0.15) is 6.04 Å². The Morgan fingerprint density at radius 1 is 0.698 bits per heavy atom. The first kappa shape index (κ1) is 32.9. The van der Waals surface area contributed by atoms with E-state index < -0.39 is 35.7 Å². The lowest BCUT2D eigenvalue weighted by molar-refractivity contribution is -0.194. The zero-order chi connectivity index (χ0) is 31.7. The number of halogens is 9. The number of hydrogen-bond donors (Lipinski definition) is 0. The van der Waals surface area contributed by atoms with E-state index >= 15 is 0 Å². The second-order valence-corrected chi connectivity index (χ2v) is 11.9. The fourth-order valence-corrected chi connectivity index (χ4v) is 5.95. The smallest absolute Gasteiger partial charge is 0.287 e. The van der Waals surface area contributed by atoms with Crippen molar-refractivity contribution in [3.63, 3.8) is 0 Å². The van der Waals surface area contributed by atoms with Crippen molar-refractivity contribution in [1.29, 1.82) is 0 Å². The minimum absolute atomic E-state index is 0.0274. The van der Waals surface area contributed by atoms with Gasteiger partial charge in [0.2, 0.25) is 0 Å². The second-order valence-electron chi connectivity index (χ2n) is 11.9. The molecule has 1 heterocycles. The third-order valence-corrected chi connectivity index (χ3v) is 8.12. The highest BCUT2D eigenvalue weighted by Gasteiger charge is 2.46. The monoisotopic (exact) mass is 615 g/mol. The molecule has 1 aliphatic heterocycles. The Morgan fingerprint density at radius 2 is 1.26 bits per heavy atom. The zero-order valence-corrected chi connectivity index (χ0v) is 24.0. The summed E-state index contributed by atoms with van der Waals surface area (Å²) in [6, 6.07) is 13.0. The highest BCUT2D eigenvalue weighted by molar-refractivity contribution is 5.66. The van der Waals surface area contributed by atoms with E-state index in [1.54, 1.807) is 0 Å². The van der Waals surface area contributed by atoms with Crippen LogP contribution in [0.4, 0.5) is 39.5 Å². The van der Waals surface area contributed by atoms with Crippen LogP contribution in [-0.2, 0) is 18.9 Å². The lowest BCUT2D eigenvalue weighted by Crippen LogP contribution is -2.50. The maximum atomic E-state index is 14.1. The van der Waals surface area contributed by atoms with Crippen molar-refractivity contribution in [3.05, 3.63) is 94.5 Å². The van der Waals surface area contributed by atoms with Crippen molar-refractivity contribution < 1.29 is 39.5 Å². The molecular weight excluding hydrogens is 581 g/mol. The summed E-state index contributed by atoms with van der Waals surface area (Å²) in [6.45, 7) is 6.06. The van der Waals surface area contributed by atoms with Crippen molar-refractivity contribution in [2.24, 2.45) is 5.92 Å². The van der Waals surface area contributed by atoms with Crippen LogP contribution in [0.25, 0.3) is 11.1 Å². The summed E-state index contributed by atoms with van der Waals surface area (Å²) in [4.78, 5) is 1.28. The van der Waals surface area contributed by atoms with Crippen LogP contribution in [0, 0.1) is 5.92 Å². The molecule has 3 aromatic rings. The van der Waals surface area contributed by atoms with E-state index in [1.165, 1.54) is 29.2 Å². The Kier molecular flexibility index (Phi) is 9.59. The molecule has 234 valence electrons. The molecule has 1 saturated heterocycles. The summed E-state index contributed by atoms with van der Waals surface area (Å²) < 4.78 is 121. The fraction of sp³-hybridized carbons (Fsp3) is 0.455. The van der Waals surface area contributed by atoms with Crippen LogP contribution in [0.3, 0.4) is 0 Å². The maximum Gasteiger partial charge on any atom is 0.416 e. The van der Waals surface area contributed by atoms with Crippen molar-refractivity contribution in [3.8, 4) is 11.1 Å². The summed E-state index contributed by atoms with van der Waals surface area (Å²) in [6.07, 6.45) is -12.7. The van der Waals surface area contributed by atoms with Crippen LogP contribution < -0.4 is 0 Å². The first-order valence-electron chi connectivity index (χ1n) is 14.2. The van der Waals surface area contributed by atoms with Crippen molar-refractivity contribution >= 4 is 0 Å². The third kappa shape index (κ3) is 8.34. The normalized spacial score (nSPS) is 19.6. The van der Waals surface area contributed by atoms with Crippen LogP contribution in [0.2, 0.25) is 0 Å². The first-order valence-corrected chi connectivity index (χ1v) is 14.2. The average molecular weight is 616 g/mol. The Bertz CT molecular complexity index is 1350. The number of alkyl halides is 9. The van der Waals surface area contributed by atoms with Gasteiger partial charge in [-0.1, -0.05) is 63.2 Å². The molecule has 10 heteroatoms. The van der Waals surface area contributed by atoms with E-state index in [1.807, 2.05) is 25.1 Å². The molecule has 0 spiro atoms. The van der Waals surface area contributed by atoms with Gasteiger partial charge in [0.15, 0.2) is 0 Å². The van der Waals surface area contributed by atoms with Gasteiger partial charge in [-0.25, -0.2) is 0 Å². The molecule has 0 amide bonds. The molecule has 1 aliphatic rings. The SMILES string of the molecule is CC(C)CC(C)c1cc(-c2ccc(C(F)(F)F)cc2)cc(C2CCC(C(F)(F)F)N(Cc3ccc(C(F)(F)F)cc3)C2)c1. The molecule has 0 aliphatic carbocycles. The molecule has 0 N–H and O–H groups in total. The molecule has 3 atom stereocenters. The van der Waals surface area contributed by atoms with Crippen molar-refractivity contribution in [2.45, 2.75) is 83.0 Å². The average Bonchev–Trinajstić information content (AvgIpc) is 2.91. The molecule has 0 saturated carbocycles. The highest BCUT2D eigenvalue weighted by Crippen LogP contribution is 2.41. The molecule has 1 fully saturated rings. The Labute approximate surface area is 245 Å². The van der Waals surface area contributed by atoms with Gasteiger partial charge >= 0.3 is 18.5 Å². The van der Waals surface area contributed by atoms with Crippen LogP contribution in [0.15, 0.2) is 66.7 Å². The summed E-state index contributed by atoms with van der Waals surface area (Å²) in [7, 11) is 0. The number of rotatable bonds is 7. The topological polar surface area (TPSA) is 3.24 Å². The number of nitrogens with zero attached hydrogens (tertiary/aromatic N) is 1. The van der Waals surface area contributed by atoms with Gasteiger partial charge in [0.05, 0.1) is 11.1 Å². The quantitative estimate of drug-likeness (QED) is 0.239. The third-order valence-electron chi connectivity index (χ3n) is 8.12. The van der Waals surface area contributed by atoms with Gasteiger partial charge < -0.3 is 0 Å². The maximum absolute atomic E-state index is 14.1. The molecule has 1 nitrogen and oxygen atoms in total. The Morgan fingerprint density at radius 3 is 1.77 bits per heavy atom. The lowest BCUT2D eigenvalue weighted by atomic mass is 9.82. The molecule has 0 aromatic heterocycles. The summed E-state index contributed by atoms with van der Waals surface area (Å²) in [5, 5.41) is 0. The van der Waals surface area contributed by atoms with Gasteiger partial charge in [-0.3, -0.25) is 4.90 Å². The summed E-state index contributed by atoms with van der Waals surface area (Å²) >= 11 is 0. The summed E-state index contributed by atoms with van der Waals surface area (Å²) in [5.41, 5.74) is 1.69. The summed E-state index contributed by atoms with van der Waals surface area (Å²) in [5.74, 6) is 0.157. The predicted molar refractivity (Wildman–Crippen MR) is 148 cm³/mol. The molecular formula is C33H34F9N. The van der Waals surface area contributed by atoms with Crippen LogP contribution >= 0.6 is 0 Å². The van der Waals surface area contributed by atoms with Gasteiger partial charge in [-0.15, -0.1) is 0 Å². The van der Waals surface area contributed by atoms with Gasteiger partial charge in [0, 0.05) is 13.1 Å². The minimum Gasteiger partial charge on any atom is -0.287 e. The largest absolute Gasteiger partial charge is 0.416 e. The van der Waals surface area contributed by atoms with Crippen molar-refractivity contribution in [2.75, 3.05) is 6.54 Å². The van der Waals surface area contributed by atoms with Crippen LogP contribution in [-0.4, -0.2) is 23.7 Å². The highest BCUT2D eigenvalue weighted by atomic mass is 19.4. The van der Waals surface area contributed by atoms with Crippen molar-refractivity contribution in [1.82, 2.24) is 4.90 Å². The number of hydrogen-bond acceptors (Lipinski definition) is 1. The second kappa shape index (κ2) is 12.5. The van der Waals surface area contributed by atoms with E-state index in [2.05, 4.69) is 13.8 Å².